The number of nitrogens with one attached hydrogen (secondary N) is 2. The Labute approximate surface area is 115 Å². The average molecular weight is 273 g/mol. The Bertz CT molecular complexity index is 690. The number of carbonyl (C=O) groups is 1. The molecule has 0 fully saturated rings. The molecule has 1 aromatic heterocycles. The number of carbonyl (C=O) groups excluding carboxylic acids is 1. The fraction of sp³-hybridized carbons (Fsp3) is 0.143. The third-order valence-corrected chi connectivity index (χ3v) is 2.84. The van der Waals surface area contributed by atoms with E-state index in [-0.39, 0.29) is 17.0 Å². The Hall–Kier alpha value is -2.76. The van der Waals surface area contributed by atoms with Crippen molar-refractivity contribution in [3.05, 3.63) is 52.4 Å². The number of pyridine rings is 1. The Morgan fingerprint density at radius 1 is 1.15 bits per heavy atom. The van der Waals surface area contributed by atoms with E-state index in [9.17, 15) is 9.59 Å². The fourth-order valence-electron chi connectivity index (χ4n) is 1.69. The number of aromatic nitrogens is 1. The van der Waals surface area contributed by atoms with E-state index < -0.39 is 6.03 Å². The van der Waals surface area contributed by atoms with Crippen molar-refractivity contribution in [2.45, 2.75) is 6.92 Å². The number of phenols is 1. The molecule has 0 saturated heterocycles. The lowest BCUT2D eigenvalue weighted by molar-refractivity contribution is 0.262. The molecular formula is C14H15N3O3. The Morgan fingerprint density at radius 3 is 2.45 bits per heavy atom. The molecule has 0 atom stereocenters. The van der Waals surface area contributed by atoms with Gasteiger partial charge in [0.15, 0.2) is 0 Å². The van der Waals surface area contributed by atoms with Gasteiger partial charge >= 0.3 is 6.03 Å². The minimum absolute atomic E-state index is 0.115. The Kier molecular flexibility index (Phi) is 3.74. The van der Waals surface area contributed by atoms with Gasteiger partial charge in [0.05, 0.1) is 0 Å². The quantitative estimate of drug-likeness (QED) is 0.732. The van der Waals surface area contributed by atoms with Crippen LogP contribution in [0, 0.1) is 6.92 Å². The van der Waals surface area contributed by atoms with Gasteiger partial charge in [0, 0.05) is 18.9 Å². The van der Waals surface area contributed by atoms with E-state index in [1.54, 1.807) is 38.4 Å². The summed E-state index contributed by atoms with van der Waals surface area (Å²) in [5.41, 5.74) is 1.18. The second kappa shape index (κ2) is 5.48. The lowest BCUT2D eigenvalue weighted by Crippen LogP contribution is -2.27. The van der Waals surface area contributed by atoms with E-state index in [1.165, 1.54) is 16.7 Å². The summed E-state index contributed by atoms with van der Waals surface area (Å²) >= 11 is 0. The molecule has 3 N–H and O–H groups in total. The lowest BCUT2D eigenvalue weighted by Gasteiger charge is -2.10. The summed E-state index contributed by atoms with van der Waals surface area (Å²) in [5, 5.41) is 14.3. The minimum atomic E-state index is -0.512. The first-order valence-electron chi connectivity index (χ1n) is 6.00. The summed E-state index contributed by atoms with van der Waals surface area (Å²) < 4.78 is 1.39. The summed E-state index contributed by atoms with van der Waals surface area (Å²) in [7, 11) is 1.62. The first-order chi connectivity index (χ1) is 9.47. The molecule has 1 heterocycles. The van der Waals surface area contributed by atoms with Gasteiger partial charge in [-0.25, -0.2) is 4.79 Å². The highest BCUT2D eigenvalue weighted by Crippen LogP contribution is 2.14. The fourth-order valence-corrected chi connectivity index (χ4v) is 1.69. The number of nitrogens with zero attached hydrogens (tertiary/aromatic N) is 1. The van der Waals surface area contributed by atoms with Crippen LogP contribution in [0.15, 0.2) is 41.3 Å². The van der Waals surface area contributed by atoms with Gasteiger partial charge in [-0.05, 0) is 42.8 Å². The third-order valence-electron chi connectivity index (χ3n) is 2.84. The van der Waals surface area contributed by atoms with Crippen LogP contribution >= 0.6 is 0 Å². The molecule has 0 aliphatic rings. The summed E-state index contributed by atoms with van der Waals surface area (Å²) in [6.07, 6.45) is 1.64. The summed E-state index contributed by atoms with van der Waals surface area (Å²) in [5.74, 6) is 0.115. The van der Waals surface area contributed by atoms with Crippen LogP contribution in [0.1, 0.15) is 5.56 Å². The number of rotatable bonds is 2. The van der Waals surface area contributed by atoms with Crippen molar-refractivity contribution in [1.29, 1.82) is 0 Å². The first kappa shape index (κ1) is 13.7. The van der Waals surface area contributed by atoms with Gasteiger partial charge in [0.25, 0.3) is 5.56 Å². The number of aromatic hydroxyl groups is 1. The number of hydrogen-bond acceptors (Lipinski definition) is 3. The summed E-state index contributed by atoms with van der Waals surface area (Å²) in [4.78, 5) is 23.8. The SMILES string of the molecule is Cc1ccn(C)c(=O)c1NC(=O)Nc1ccc(O)cc1. The molecule has 2 rings (SSSR count). The van der Waals surface area contributed by atoms with Crippen molar-refractivity contribution in [1.82, 2.24) is 4.57 Å². The van der Waals surface area contributed by atoms with Crippen molar-refractivity contribution in [3.8, 4) is 5.75 Å². The highest BCUT2D eigenvalue weighted by molar-refractivity contribution is 6.00. The molecule has 6 heteroatoms. The number of benzene rings is 1. The molecule has 2 amide bonds. The smallest absolute Gasteiger partial charge is 0.323 e. The van der Waals surface area contributed by atoms with Crippen LogP contribution in [-0.4, -0.2) is 15.7 Å². The number of phenolic OH excluding ortho intramolecular Hbond substituents is 1. The highest BCUT2D eigenvalue weighted by atomic mass is 16.3. The third kappa shape index (κ3) is 2.97. The van der Waals surface area contributed by atoms with Crippen molar-refractivity contribution < 1.29 is 9.90 Å². The van der Waals surface area contributed by atoms with Crippen molar-refractivity contribution in [2.75, 3.05) is 10.6 Å². The van der Waals surface area contributed by atoms with Crippen LogP contribution < -0.4 is 16.2 Å². The molecule has 0 radical (unpaired) electrons. The van der Waals surface area contributed by atoms with Gasteiger partial charge in [-0.2, -0.15) is 0 Å². The van der Waals surface area contributed by atoms with E-state index in [2.05, 4.69) is 10.6 Å². The van der Waals surface area contributed by atoms with Crippen molar-refractivity contribution >= 4 is 17.4 Å². The Balaban J connectivity index is 2.15. The van der Waals surface area contributed by atoms with Crippen LogP contribution in [0.25, 0.3) is 0 Å². The normalized spacial score (nSPS) is 10.1. The van der Waals surface area contributed by atoms with Gasteiger partial charge in [-0.1, -0.05) is 0 Å². The van der Waals surface area contributed by atoms with Crippen LogP contribution in [0.2, 0.25) is 0 Å². The maximum atomic E-state index is 11.9. The zero-order valence-electron chi connectivity index (χ0n) is 11.2. The van der Waals surface area contributed by atoms with Gasteiger partial charge < -0.3 is 20.3 Å². The molecule has 0 aliphatic heterocycles. The first-order valence-corrected chi connectivity index (χ1v) is 6.00. The number of aryl methyl sites for hydroxylation is 2. The summed E-state index contributed by atoms with van der Waals surface area (Å²) in [6.45, 7) is 1.75. The molecule has 6 nitrogen and oxygen atoms in total. The van der Waals surface area contributed by atoms with Gasteiger partial charge in [0.1, 0.15) is 11.4 Å². The van der Waals surface area contributed by atoms with Crippen molar-refractivity contribution in [3.63, 3.8) is 0 Å². The second-order valence-corrected chi connectivity index (χ2v) is 4.42. The predicted molar refractivity (Wildman–Crippen MR) is 77.2 cm³/mol. The largest absolute Gasteiger partial charge is 0.508 e. The lowest BCUT2D eigenvalue weighted by atomic mass is 10.2. The van der Waals surface area contributed by atoms with Crippen LogP contribution in [0.4, 0.5) is 16.2 Å². The standard InChI is InChI=1S/C14H15N3O3/c1-9-7-8-17(2)13(19)12(9)16-14(20)15-10-3-5-11(18)6-4-10/h3-8,18H,1-2H3,(H2,15,16,20). The van der Waals surface area contributed by atoms with E-state index in [1.807, 2.05) is 0 Å². The number of urea groups is 1. The van der Waals surface area contributed by atoms with Crippen LogP contribution in [0.3, 0.4) is 0 Å². The maximum absolute atomic E-state index is 11.9. The summed E-state index contributed by atoms with van der Waals surface area (Å²) in [6, 6.07) is 7.28. The number of amides is 2. The predicted octanol–water partition coefficient (Wildman–Crippen LogP) is 2.04. The molecule has 0 unspecified atom stereocenters. The van der Waals surface area contributed by atoms with Gasteiger partial charge in [-0.3, -0.25) is 4.79 Å². The minimum Gasteiger partial charge on any atom is -0.508 e. The van der Waals surface area contributed by atoms with E-state index in [0.717, 1.165) is 0 Å². The molecule has 0 aliphatic carbocycles. The molecule has 0 saturated carbocycles. The Morgan fingerprint density at radius 2 is 1.80 bits per heavy atom. The highest BCUT2D eigenvalue weighted by Gasteiger charge is 2.09. The van der Waals surface area contributed by atoms with Crippen molar-refractivity contribution in [2.24, 2.45) is 7.05 Å². The van der Waals surface area contributed by atoms with Crippen LogP contribution in [0.5, 0.6) is 5.75 Å². The van der Waals surface area contributed by atoms with Gasteiger partial charge in [-0.15, -0.1) is 0 Å². The molecular weight excluding hydrogens is 258 g/mol. The molecule has 2 aromatic rings. The average Bonchev–Trinajstić information content (AvgIpc) is 2.42. The second-order valence-electron chi connectivity index (χ2n) is 4.42. The molecule has 0 spiro atoms. The molecule has 1 aromatic carbocycles. The van der Waals surface area contributed by atoms with E-state index >= 15 is 0 Å². The zero-order valence-corrected chi connectivity index (χ0v) is 11.2. The molecule has 104 valence electrons. The topological polar surface area (TPSA) is 83.4 Å². The van der Waals surface area contributed by atoms with Gasteiger partial charge in [0.2, 0.25) is 0 Å². The zero-order chi connectivity index (χ0) is 14.7. The van der Waals surface area contributed by atoms with E-state index in [0.29, 0.717) is 11.3 Å². The number of hydrogen-bond donors (Lipinski definition) is 3. The molecule has 0 bridgehead atoms. The van der Waals surface area contributed by atoms with Crippen LogP contribution in [-0.2, 0) is 7.05 Å². The monoisotopic (exact) mass is 273 g/mol. The maximum Gasteiger partial charge on any atom is 0.323 e. The van der Waals surface area contributed by atoms with E-state index in [4.69, 9.17) is 5.11 Å². The molecule has 20 heavy (non-hydrogen) atoms. The number of anilines is 2.